The summed E-state index contributed by atoms with van der Waals surface area (Å²) >= 11 is 0. The predicted molar refractivity (Wildman–Crippen MR) is 141 cm³/mol. The highest BCUT2D eigenvalue weighted by Crippen LogP contribution is 2.36. The number of benzene rings is 3. The van der Waals surface area contributed by atoms with E-state index in [1.54, 1.807) is 0 Å². The summed E-state index contributed by atoms with van der Waals surface area (Å²) in [6.07, 6.45) is 1.76. The molecule has 4 N–H and O–H groups in total. The Bertz CT molecular complexity index is 1330. The van der Waals surface area contributed by atoms with Gasteiger partial charge in [-0.3, -0.25) is 9.59 Å². The van der Waals surface area contributed by atoms with Gasteiger partial charge in [0.05, 0.1) is 24.0 Å². The average molecular weight is 484 g/mol. The summed E-state index contributed by atoms with van der Waals surface area (Å²) in [5.41, 5.74) is 5.75. The Balaban J connectivity index is 1.17. The maximum absolute atomic E-state index is 12.8. The minimum absolute atomic E-state index is 0.0292. The van der Waals surface area contributed by atoms with Crippen LogP contribution >= 0.6 is 0 Å². The number of carbonyl (C=O) groups excluding carboxylic acids is 1. The monoisotopic (exact) mass is 483 g/mol. The minimum atomic E-state index is -0.792. The zero-order valence-electron chi connectivity index (χ0n) is 19.9. The Morgan fingerprint density at radius 2 is 1.81 bits per heavy atom. The van der Waals surface area contributed by atoms with Crippen molar-refractivity contribution in [3.05, 3.63) is 83.9 Å². The minimum Gasteiger partial charge on any atom is -0.481 e. The van der Waals surface area contributed by atoms with E-state index < -0.39 is 5.97 Å². The Labute approximate surface area is 209 Å². The lowest BCUT2D eigenvalue weighted by molar-refractivity contribution is -0.137. The number of para-hydroxylation sites is 3. The number of amides is 1. The molecule has 0 radical (unpaired) electrons. The Hall–Kier alpha value is -4.33. The van der Waals surface area contributed by atoms with Gasteiger partial charge in [0, 0.05) is 24.5 Å². The van der Waals surface area contributed by atoms with Crippen molar-refractivity contribution in [2.75, 3.05) is 23.3 Å². The first kappa shape index (κ1) is 23.4. The Morgan fingerprint density at radius 3 is 2.61 bits per heavy atom. The van der Waals surface area contributed by atoms with E-state index in [9.17, 15) is 14.7 Å². The van der Waals surface area contributed by atoms with Crippen LogP contribution in [0.3, 0.4) is 0 Å². The molecule has 0 fully saturated rings. The van der Waals surface area contributed by atoms with E-state index in [-0.39, 0.29) is 24.8 Å². The zero-order chi connectivity index (χ0) is 24.9. The van der Waals surface area contributed by atoms with Gasteiger partial charge in [-0.05, 0) is 60.2 Å². The van der Waals surface area contributed by atoms with E-state index in [1.807, 2.05) is 72.8 Å². The van der Waals surface area contributed by atoms with Gasteiger partial charge in [0.1, 0.15) is 0 Å². The number of nitrogens with zero attached hydrogens (tertiary/aromatic N) is 2. The van der Waals surface area contributed by atoms with E-state index in [0.717, 1.165) is 52.9 Å². The summed E-state index contributed by atoms with van der Waals surface area (Å²) in [5, 5.41) is 15.6. The van der Waals surface area contributed by atoms with Crippen molar-refractivity contribution in [1.29, 1.82) is 0 Å². The number of rotatable bonds is 8. The highest BCUT2D eigenvalue weighted by Gasteiger charge is 2.25. The second kappa shape index (κ2) is 10.5. The van der Waals surface area contributed by atoms with Gasteiger partial charge >= 0.3 is 5.97 Å². The number of hydrogen-bond acceptors (Lipinski definition) is 5. The van der Waals surface area contributed by atoms with Crippen molar-refractivity contribution in [2.24, 2.45) is 0 Å². The highest BCUT2D eigenvalue weighted by molar-refractivity contribution is 5.82. The Kier molecular flexibility index (Phi) is 6.84. The number of nitrogens with one attached hydrogen (secondary N) is 3. The number of carboxylic acid groups (broad SMARTS) is 1. The lowest BCUT2D eigenvalue weighted by Crippen LogP contribution is -2.37. The van der Waals surface area contributed by atoms with Crippen LogP contribution in [-0.4, -0.2) is 40.0 Å². The average Bonchev–Trinajstić information content (AvgIpc) is 3.21. The molecule has 0 bridgehead atoms. The molecule has 0 saturated carbocycles. The van der Waals surface area contributed by atoms with Gasteiger partial charge < -0.3 is 25.6 Å². The van der Waals surface area contributed by atoms with Crippen molar-refractivity contribution < 1.29 is 14.7 Å². The van der Waals surface area contributed by atoms with Gasteiger partial charge in [-0.1, -0.05) is 42.5 Å². The van der Waals surface area contributed by atoms with Crippen molar-refractivity contribution in [3.8, 4) is 0 Å². The molecular formula is C28H29N5O3. The highest BCUT2D eigenvalue weighted by atomic mass is 16.4. The first-order chi connectivity index (χ1) is 17.5. The van der Waals surface area contributed by atoms with Gasteiger partial charge in [0.15, 0.2) is 0 Å². The number of fused-ring (bicyclic) bond motifs is 2. The van der Waals surface area contributed by atoms with Gasteiger partial charge in [0.25, 0.3) is 0 Å². The molecule has 184 valence electrons. The fraction of sp³-hybridized carbons (Fsp3) is 0.250. The Morgan fingerprint density at radius 1 is 1.03 bits per heavy atom. The SMILES string of the molecule is O=C(O)CC1CCCN(CC(=O)NCc2ccc(Nc3nc4ccccc4[nH]3)cc2)c2ccccc21. The van der Waals surface area contributed by atoms with Crippen LogP contribution in [0.5, 0.6) is 0 Å². The molecule has 1 atom stereocenters. The molecule has 0 saturated heterocycles. The predicted octanol–water partition coefficient (Wildman–Crippen LogP) is 4.78. The number of imidazole rings is 1. The van der Waals surface area contributed by atoms with Gasteiger partial charge in [-0.25, -0.2) is 4.98 Å². The van der Waals surface area contributed by atoms with Crippen LogP contribution < -0.4 is 15.5 Å². The van der Waals surface area contributed by atoms with Crippen LogP contribution in [0.4, 0.5) is 17.3 Å². The summed E-state index contributed by atoms with van der Waals surface area (Å²) in [6, 6.07) is 23.6. The molecule has 1 aliphatic rings. The van der Waals surface area contributed by atoms with E-state index >= 15 is 0 Å². The van der Waals surface area contributed by atoms with Crippen LogP contribution in [0.15, 0.2) is 72.8 Å². The standard InChI is InChI=1S/C28H29N5O3/c34-26(18-33-15-5-6-20(16-27(35)36)22-7-1-4-10-25(22)33)29-17-19-11-13-21(14-12-19)30-28-31-23-8-2-3-9-24(23)32-28/h1-4,7-14,20H,5-6,15-18H2,(H,29,34)(H,35,36)(H2,30,31,32). The first-order valence-electron chi connectivity index (χ1n) is 12.2. The van der Waals surface area contributed by atoms with E-state index in [0.29, 0.717) is 12.5 Å². The molecule has 1 aliphatic heterocycles. The second-order valence-electron chi connectivity index (χ2n) is 9.12. The van der Waals surface area contributed by atoms with Crippen LogP contribution in [0, 0.1) is 0 Å². The number of hydrogen-bond donors (Lipinski definition) is 4. The lowest BCUT2D eigenvalue weighted by atomic mass is 9.91. The largest absolute Gasteiger partial charge is 0.481 e. The molecular weight excluding hydrogens is 454 g/mol. The van der Waals surface area contributed by atoms with Crippen LogP contribution in [0.1, 0.15) is 36.3 Å². The molecule has 8 nitrogen and oxygen atoms in total. The van der Waals surface area contributed by atoms with Crippen molar-refractivity contribution >= 4 is 40.2 Å². The number of H-pyrrole nitrogens is 1. The molecule has 36 heavy (non-hydrogen) atoms. The summed E-state index contributed by atoms with van der Waals surface area (Å²) in [7, 11) is 0. The molecule has 8 heteroatoms. The van der Waals surface area contributed by atoms with Crippen LogP contribution in [-0.2, 0) is 16.1 Å². The summed E-state index contributed by atoms with van der Waals surface area (Å²) in [6.45, 7) is 1.39. The second-order valence-corrected chi connectivity index (χ2v) is 9.12. The maximum Gasteiger partial charge on any atom is 0.303 e. The van der Waals surface area contributed by atoms with Crippen LogP contribution in [0.25, 0.3) is 11.0 Å². The fourth-order valence-electron chi connectivity index (χ4n) is 4.80. The van der Waals surface area contributed by atoms with Crippen LogP contribution in [0.2, 0.25) is 0 Å². The third kappa shape index (κ3) is 5.49. The number of carbonyl (C=O) groups is 2. The van der Waals surface area contributed by atoms with Gasteiger partial charge in [-0.15, -0.1) is 0 Å². The van der Waals surface area contributed by atoms with Gasteiger partial charge in [-0.2, -0.15) is 0 Å². The molecule has 0 spiro atoms. The molecule has 3 aromatic carbocycles. The van der Waals surface area contributed by atoms with E-state index in [4.69, 9.17) is 0 Å². The van der Waals surface area contributed by atoms with E-state index in [2.05, 4.69) is 25.5 Å². The number of carboxylic acids is 1. The molecule has 4 aromatic rings. The topological polar surface area (TPSA) is 110 Å². The maximum atomic E-state index is 12.8. The molecule has 0 aliphatic carbocycles. The molecule has 1 amide bonds. The summed E-state index contributed by atoms with van der Waals surface area (Å²) in [5.74, 6) is -0.204. The smallest absolute Gasteiger partial charge is 0.303 e. The molecule has 1 aromatic heterocycles. The van der Waals surface area contributed by atoms with Gasteiger partial charge in [0.2, 0.25) is 11.9 Å². The molecule has 5 rings (SSSR count). The molecule has 1 unspecified atom stereocenters. The third-order valence-corrected chi connectivity index (χ3v) is 6.55. The zero-order valence-corrected chi connectivity index (χ0v) is 19.9. The fourth-order valence-corrected chi connectivity index (χ4v) is 4.80. The molecule has 2 heterocycles. The summed E-state index contributed by atoms with van der Waals surface area (Å²) in [4.78, 5) is 34.0. The number of aliphatic carboxylic acids is 1. The number of anilines is 3. The van der Waals surface area contributed by atoms with Crippen molar-refractivity contribution in [3.63, 3.8) is 0 Å². The first-order valence-corrected chi connectivity index (χ1v) is 12.2. The van der Waals surface area contributed by atoms with Crippen molar-refractivity contribution in [1.82, 2.24) is 15.3 Å². The normalized spacial score (nSPS) is 15.2. The quantitative estimate of drug-likeness (QED) is 0.287. The summed E-state index contributed by atoms with van der Waals surface area (Å²) < 4.78 is 0. The number of aromatic nitrogens is 2. The lowest BCUT2D eigenvalue weighted by Gasteiger charge is -2.25. The number of aromatic amines is 1. The van der Waals surface area contributed by atoms with E-state index in [1.165, 1.54) is 0 Å². The van der Waals surface area contributed by atoms with Crippen molar-refractivity contribution in [2.45, 2.75) is 31.7 Å². The third-order valence-electron chi connectivity index (χ3n) is 6.55.